The smallest absolute Gasteiger partial charge is 0.341 e. The van der Waals surface area contributed by atoms with Gasteiger partial charge >= 0.3 is 5.97 Å². The number of hydrogen-bond donors (Lipinski definition) is 1. The Morgan fingerprint density at radius 3 is 2.48 bits per heavy atom. The van der Waals surface area contributed by atoms with Crippen LogP contribution < -0.4 is 5.32 Å². The van der Waals surface area contributed by atoms with E-state index in [9.17, 15) is 9.59 Å². The van der Waals surface area contributed by atoms with Crippen molar-refractivity contribution in [2.24, 2.45) is 0 Å². The van der Waals surface area contributed by atoms with Gasteiger partial charge in [-0.05, 0) is 45.1 Å². The first-order valence-electron chi connectivity index (χ1n) is 9.88. The highest BCUT2D eigenvalue weighted by Crippen LogP contribution is 2.37. The van der Waals surface area contributed by atoms with E-state index in [0.29, 0.717) is 17.1 Å². The van der Waals surface area contributed by atoms with Crippen LogP contribution in [0.1, 0.15) is 60.3 Å². The molecule has 0 aromatic carbocycles. The number of aryl methyl sites for hydroxylation is 1. The van der Waals surface area contributed by atoms with Crippen LogP contribution >= 0.6 is 11.3 Å². The van der Waals surface area contributed by atoms with Gasteiger partial charge in [-0.2, -0.15) is 0 Å². The zero-order valence-corrected chi connectivity index (χ0v) is 17.3. The SMILES string of the molecule is COC(=O)c1c(NC(=O)CN2CC(C)OC(C)C2)sc2c1CCCCCC2. The molecule has 1 N–H and O–H groups in total. The maximum Gasteiger partial charge on any atom is 0.341 e. The summed E-state index contributed by atoms with van der Waals surface area (Å²) in [6.45, 7) is 5.83. The van der Waals surface area contributed by atoms with E-state index >= 15 is 0 Å². The minimum absolute atomic E-state index is 0.0873. The standard InChI is InChI=1S/C20H30N2O4S/c1-13-10-22(11-14(2)26-13)12-17(23)21-19-18(20(24)25-3)15-8-6-4-5-7-9-16(15)27-19/h13-14H,4-12H2,1-3H3,(H,21,23). The number of amides is 1. The molecule has 150 valence electrons. The lowest BCUT2D eigenvalue weighted by molar-refractivity contribution is -0.121. The van der Waals surface area contributed by atoms with E-state index in [1.165, 1.54) is 24.8 Å². The number of carbonyl (C=O) groups is 2. The second-order valence-electron chi connectivity index (χ2n) is 7.61. The Labute approximate surface area is 165 Å². The number of methoxy groups -OCH3 is 1. The van der Waals surface area contributed by atoms with Gasteiger partial charge in [0.25, 0.3) is 0 Å². The Kier molecular flexibility index (Phi) is 6.89. The fraction of sp³-hybridized carbons (Fsp3) is 0.700. The third-order valence-electron chi connectivity index (χ3n) is 5.18. The van der Waals surface area contributed by atoms with Crippen LogP contribution in [0.4, 0.5) is 5.00 Å². The average Bonchev–Trinajstić information content (AvgIpc) is 2.89. The van der Waals surface area contributed by atoms with Crippen LogP contribution in [-0.2, 0) is 27.1 Å². The zero-order valence-electron chi connectivity index (χ0n) is 16.5. The van der Waals surface area contributed by atoms with Crippen LogP contribution in [0, 0.1) is 0 Å². The van der Waals surface area contributed by atoms with Crippen LogP contribution in [0.15, 0.2) is 0 Å². The first-order chi connectivity index (χ1) is 13.0. The highest BCUT2D eigenvalue weighted by molar-refractivity contribution is 7.17. The highest BCUT2D eigenvalue weighted by Gasteiger charge is 2.27. The number of morpholine rings is 1. The van der Waals surface area contributed by atoms with Gasteiger partial charge in [0.05, 0.1) is 31.4 Å². The van der Waals surface area contributed by atoms with Crippen LogP contribution in [0.25, 0.3) is 0 Å². The third-order valence-corrected chi connectivity index (χ3v) is 6.38. The molecular formula is C20H30N2O4S. The van der Waals surface area contributed by atoms with Crippen molar-refractivity contribution in [2.45, 2.75) is 64.6 Å². The number of thiophene rings is 1. The molecule has 1 aliphatic heterocycles. The number of fused-ring (bicyclic) bond motifs is 1. The van der Waals surface area contributed by atoms with Gasteiger partial charge in [-0.1, -0.05) is 12.8 Å². The van der Waals surface area contributed by atoms with E-state index in [2.05, 4.69) is 10.2 Å². The number of ether oxygens (including phenoxy) is 2. The number of hydrogen-bond acceptors (Lipinski definition) is 6. The van der Waals surface area contributed by atoms with E-state index in [-0.39, 0.29) is 24.1 Å². The molecule has 1 aromatic heterocycles. The molecule has 0 spiro atoms. The van der Waals surface area contributed by atoms with Gasteiger partial charge in [0, 0.05) is 18.0 Å². The summed E-state index contributed by atoms with van der Waals surface area (Å²) in [4.78, 5) is 28.4. The van der Waals surface area contributed by atoms with Gasteiger partial charge in [-0.3, -0.25) is 9.69 Å². The van der Waals surface area contributed by atoms with Crippen molar-refractivity contribution >= 4 is 28.2 Å². The van der Waals surface area contributed by atoms with Crippen LogP contribution in [0.2, 0.25) is 0 Å². The normalized spacial score (nSPS) is 23.8. The minimum Gasteiger partial charge on any atom is -0.465 e. The number of rotatable bonds is 4. The molecule has 7 heteroatoms. The zero-order chi connectivity index (χ0) is 19.4. The van der Waals surface area contributed by atoms with E-state index in [1.54, 1.807) is 11.3 Å². The first-order valence-corrected chi connectivity index (χ1v) is 10.7. The first kappa shape index (κ1) is 20.3. The summed E-state index contributed by atoms with van der Waals surface area (Å²) in [6, 6.07) is 0. The lowest BCUT2D eigenvalue weighted by Gasteiger charge is -2.34. The molecule has 0 radical (unpaired) electrons. The lowest BCUT2D eigenvalue weighted by atomic mass is 9.96. The number of anilines is 1. The second-order valence-corrected chi connectivity index (χ2v) is 8.72. The number of carbonyl (C=O) groups excluding carboxylic acids is 2. The van der Waals surface area contributed by atoms with Crippen molar-refractivity contribution in [2.75, 3.05) is 32.1 Å². The topological polar surface area (TPSA) is 67.9 Å². The van der Waals surface area contributed by atoms with Crippen molar-refractivity contribution in [1.82, 2.24) is 4.90 Å². The summed E-state index contributed by atoms with van der Waals surface area (Å²) in [6.07, 6.45) is 6.70. The Hall–Kier alpha value is -1.44. The fourth-order valence-corrected chi connectivity index (χ4v) is 5.40. The van der Waals surface area contributed by atoms with Crippen molar-refractivity contribution in [3.05, 3.63) is 16.0 Å². The molecule has 0 saturated carbocycles. The second kappa shape index (κ2) is 9.17. The van der Waals surface area contributed by atoms with Crippen molar-refractivity contribution < 1.29 is 19.1 Å². The molecule has 2 atom stereocenters. The predicted molar refractivity (Wildman–Crippen MR) is 107 cm³/mol. The Bertz CT molecular complexity index is 678. The molecule has 6 nitrogen and oxygen atoms in total. The molecule has 1 aliphatic carbocycles. The molecule has 1 fully saturated rings. The molecule has 27 heavy (non-hydrogen) atoms. The average molecular weight is 395 g/mol. The monoisotopic (exact) mass is 394 g/mol. The maximum atomic E-state index is 12.7. The van der Waals surface area contributed by atoms with Gasteiger partial charge in [0.2, 0.25) is 5.91 Å². The Balaban J connectivity index is 1.76. The van der Waals surface area contributed by atoms with E-state index < -0.39 is 0 Å². The lowest BCUT2D eigenvalue weighted by Crippen LogP contribution is -2.48. The molecule has 0 bridgehead atoms. The molecular weight excluding hydrogens is 364 g/mol. The van der Waals surface area contributed by atoms with Crippen LogP contribution in [0.5, 0.6) is 0 Å². The Morgan fingerprint density at radius 2 is 1.81 bits per heavy atom. The quantitative estimate of drug-likeness (QED) is 0.794. The molecule has 3 rings (SSSR count). The molecule has 1 amide bonds. The highest BCUT2D eigenvalue weighted by atomic mass is 32.1. The van der Waals surface area contributed by atoms with Crippen molar-refractivity contribution in [3.63, 3.8) is 0 Å². The van der Waals surface area contributed by atoms with Crippen LogP contribution in [0.3, 0.4) is 0 Å². The number of esters is 1. The summed E-state index contributed by atoms with van der Waals surface area (Å²) in [7, 11) is 1.40. The van der Waals surface area contributed by atoms with Gasteiger partial charge in [0.1, 0.15) is 5.00 Å². The van der Waals surface area contributed by atoms with E-state index in [1.807, 2.05) is 13.8 Å². The van der Waals surface area contributed by atoms with Crippen LogP contribution in [-0.4, -0.2) is 55.7 Å². The molecule has 2 aliphatic rings. The van der Waals surface area contributed by atoms with E-state index in [0.717, 1.165) is 44.3 Å². The third kappa shape index (κ3) is 5.09. The number of nitrogens with one attached hydrogen (secondary N) is 1. The summed E-state index contributed by atoms with van der Waals surface area (Å²) in [5.41, 5.74) is 1.65. The largest absolute Gasteiger partial charge is 0.465 e. The van der Waals surface area contributed by atoms with Gasteiger partial charge in [0.15, 0.2) is 0 Å². The predicted octanol–water partition coefficient (Wildman–Crippen LogP) is 3.24. The van der Waals surface area contributed by atoms with Gasteiger partial charge in [-0.15, -0.1) is 11.3 Å². The molecule has 1 aromatic rings. The number of nitrogens with zero attached hydrogens (tertiary/aromatic N) is 1. The molecule has 2 unspecified atom stereocenters. The van der Waals surface area contributed by atoms with Crippen molar-refractivity contribution in [3.8, 4) is 0 Å². The molecule has 2 heterocycles. The Morgan fingerprint density at radius 1 is 1.15 bits per heavy atom. The van der Waals surface area contributed by atoms with Gasteiger partial charge < -0.3 is 14.8 Å². The summed E-state index contributed by atoms with van der Waals surface area (Å²) < 4.78 is 10.8. The van der Waals surface area contributed by atoms with Crippen molar-refractivity contribution in [1.29, 1.82) is 0 Å². The summed E-state index contributed by atoms with van der Waals surface area (Å²) in [5.74, 6) is -0.437. The maximum absolute atomic E-state index is 12.7. The molecule has 1 saturated heterocycles. The van der Waals surface area contributed by atoms with Gasteiger partial charge in [-0.25, -0.2) is 4.79 Å². The summed E-state index contributed by atoms with van der Waals surface area (Å²) in [5, 5.41) is 3.64. The van der Waals surface area contributed by atoms with E-state index in [4.69, 9.17) is 9.47 Å². The fourth-order valence-electron chi connectivity index (χ4n) is 4.11. The minimum atomic E-state index is -0.350. The summed E-state index contributed by atoms with van der Waals surface area (Å²) >= 11 is 1.54.